The molecule has 7 nitrogen and oxygen atoms in total. The molecule has 0 aromatic heterocycles. The molecule has 4 unspecified atom stereocenters. The molecule has 2 saturated heterocycles. The normalized spacial score (nSPS) is 24.5. The van der Waals surface area contributed by atoms with Gasteiger partial charge in [-0.3, -0.25) is 14.4 Å². The average molecular weight is 451 g/mol. The maximum atomic E-state index is 13.2. The van der Waals surface area contributed by atoms with Crippen LogP contribution in [0.25, 0.3) is 0 Å². The molecule has 2 fully saturated rings. The van der Waals surface area contributed by atoms with Gasteiger partial charge in [0.25, 0.3) is 0 Å². The van der Waals surface area contributed by atoms with Gasteiger partial charge in [-0.2, -0.15) is 0 Å². The zero-order valence-electron chi connectivity index (χ0n) is 17.0. The van der Waals surface area contributed by atoms with Gasteiger partial charge in [0.2, 0.25) is 11.8 Å². The number of hydrogen-bond donors (Lipinski definition) is 1. The topological polar surface area (TPSA) is 92.8 Å². The van der Waals surface area contributed by atoms with E-state index in [1.54, 1.807) is 16.7 Å². The molecule has 9 heteroatoms. The van der Waals surface area contributed by atoms with Crippen molar-refractivity contribution < 1.29 is 23.9 Å². The first-order chi connectivity index (χ1) is 14.4. The standard InChI is InChI=1S/C21H26N2O5S2/c1-13(24)30-17(12-14-6-4-3-5-7-14)19(25)22-15-10-11-29-18-9-8-16(21(27)28-2)23(18)20(15)26/h3-7,15-18H,8-12H2,1-2H3,(H,22,25). The molecule has 2 heterocycles. The van der Waals surface area contributed by atoms with Crippen LogP contribution < -0.4 is 5.32 Å². The third kappa shape index (κ3) is 5.37. The largest absolute Gasteiger partial charge is 0.467 e. The van der Waals surface area contributed by atoms with Crippen molar-refractivity contribution in [3.63, 3.8) is 0 Å². The van der Waals surface area contributed by atoms with Crippen LogP contribution in [0.15, 0.2) is 30.3 Å². The van der Waals surface area contributed by atoms with Crippen LogP contribution in [0.2, 0.25) is 0 Å². The number of benzene rings is 1. The second-order valence-corrected chi connectivity index (χ2v) is 9.99. The highest BCUT2D eigenvalue weighted by Gasteiger charge is 2.46. The minimum Gasteiger partial charge on any atom is -0.467 e. The van der Waals surface area contributed by atoms with E-state index in [-0.39, 0.29) is 22.3 Å². The van der Waals surface area contributed by atoms with Gasteiger partial charge in [-0.1, -0.05) is 42.1 Å². The third-order valence-electron chi connectivity index (χ3n) is 5.26. The third-order valence-corrected chi connectivity index (χ3v) is 7.57. The quantitative estimate of drug-likeness (QED) is 0.663. The summed E-state index contributed by atoms with van der Waals surface area (Å²) in [5.41, 5.74) is 0.944. The van der Waals surface area contributed by atoms with E-state index in [0.717, 1.165) is 23.7 Å². The molecule has 2 amide bonds. The fourth-order valence-corrected chi connectivity index (χ4v) is 6.06. The second kappa shape index (κ2) is 10.3. The molecule has 1 aromatic carbocycles. The number of hydrogen-bond acceptors (Lipinski definition) is 7. The van der Waals surface area contributed by atoms with Crippen LogP contribution >= 0.6 is 23.5 Å². The molecule has 0 aliphatic carbocycles. The summed E-state index contributed by atoms with van der Waals surface area (Å²) in [4.78, 5) is 51.7. The van der Waals surface area contributed by atoms with Crippen molar-refractivity contribution in [1.82, 2.24) is 10.2 Å². The van der Waals surface area contributed by atoms with Crippen LogP contribution in [0.5, 0.6) is 0 Å². The fraction of sp³-hybridized carbons (Fsp3) is 0.524. The molecule has 0 saturated carbocycles. The van der Waals surface area contributed by atoms with Gasteiger partial charge < -0.3 is 15.0 Å². The van der Waals surface area contributed by atoms with Gasteiger partial charge >= 0.3 is 5.97 Å². The summed E-state index contributed by atoms with van der Waals surface area (Å²) >= 11 is 2.60. The Bertz CT molecular complexity index is 804. The number of nitrogens with zero attached hydrogens (tertiary/aromatic N) is 1. The molecule has 1 aromatic rings. The minimum atomic E-state index is -0.717. The lowest BCUT2D eigenvalue weighted by atomic mass is 10.1. The number of thioether (sulfide) groups is 2. The summed E-state index contributed by atoms with van der Waals surface area (Å²) < 4.78 is 4.87. The average Bonchev–Trinajstić information content (AvgIpc) is 3.09. The number of esters is 1. The summed E-state index contributed by atoms with van der Waals surface area (Å²) in [6, 6.07) is 8.15. The Balaban J connectivity index is 1.73. The molecule has 0 bridgehead atoms. The molecule has 3 rings (SSSR count). The van der Waals surface area contributed by atoms with Crippen LogP contribution in [0.1, 0.15) is 31.7 Å². The number of rotatable bonds is 6. The summed E-state index contributed by atoms with van der Waals surface area (Å²) in [5, 5.41) is 2.00. The van der Waals surface area contributed by atoms with Gasteiger partial charge in [-0.05, 0) is 37.0 Å². The van der Waals surface area contributed by atoms with Crippen molar-refractivity contribution in [3.05, 3.63) is 35.9 Å². The Morgan fingerprint density at radius 1 is 1.23 bits per heavy atom. The summed E-state index contributed by atoms with van der Waals surface area (Å²) in [6.07, 6.45) is 2.17. The zero-order chi connectivity index (χ0) is 21.7. The molecule has 1 N–H and O–H groups in total. The number of carbonyl (C=O) groups excluding carboxylic acids is 4. The predicted octanol–water partition coefficient (Wildman–Crippen LogP) is 1.99. The van der Waals surface area contributed by atoms with E-state index in [1.165, 1.54) is 14.0 Å². The molecule has 30 heavy (non-hydrogen) atoms. The Kier molecular flexibility index (Phi) is 7.82. The molecule has 0 spiro atoms. The number of carbonyl (C=O) groups is 4. The summed E-state index contributed by atoms with van der Waals surface area (Å²) in [5.74, 6) is -0.311. The molecule has 0 radical (unpaired) electrons. The van der Waals surface area contributed by atoms with Crippen LogP contribution in [0, 0.1) is 0 Å². The minimum absolute atomic E-state index is 0.0739. The second-order valence-electron chi connectivity index (χ2n) is 7.32. The van der Waals surface area contributed by atoms with E-state index in [9.17, 15) is 19.2 Å². The van der Waals surface area contributed by atoms with Crippen molar-refractivity contribution >= 4 is 46.4 Å². The van der Waals surface area contributed by atoms with Gasteiger partial charge in [-0.25, -0.2) is 4.79 Å². The number of nitrogens with one attached hydrogen (secondary N) is 1. The molecular formula is C21H26N2O5S2. The Morgan fingerprint density at radius 2 is 1.97 bits per heavy atom. The zero-order valence-corrected chi connectivity index (χ0v) is 18.7. The summed E-state index contributed by atoms with van der Waals surface area (Å²) in [7, 11) is 1.32. The number of ether oxygens (including phenoxy) is 1. The maximum absolute atomic E-state index is 13.2. The highest BCUT2D eigenvalue weighted by Crippen LogP contribution is 2.36. The van der Waals surface area contributed by atoms with E-state index in [0.29, 0.717) is 25.0 Å². The molecule has 2 aliphatic rings. The first kappa shape index (κ1) is 22.7. The van der Waals surface area contributed by atoms with Crippen molar-refractivity contribution in [2.45, 2.75) is 55.3 Å². The number of amides is 2. The summed E-state index contributed by atoms with van der Waals surface area (Å²) in [6.45, 7) is 1.43. The first-order valence-corrected chi connectivity index (χ1v) is 11.9. The van der Waals surface area contributed by atoms with Gasteiger partial charge in [0.05, 0.1) is 17.7 Å². The first-order valence-electron chi connectivity index (χ1n) is 9.94. The molecule has 2 aliphatic heterocycles. The Hall–Kier alpha value is -2.00. The van der Waals surface area contributed by atoms with Gasteiger partial charge in [-0.15, -0.1) is 11.8 Å². The van der Waals surface area contributed by atoms with E-state index in [1.807, 2.05) is 30.3 Å². The number of fused-ring (bicyclic) bond motifs is 1. The van der Waals surface area contributed by atoms with Crippen molar-refractivity contribution in [2.75, 3.05) is 12.9 Å². The van der Waals surface area contributed by atoms with Crippen LogP contribution in [0.3, 0.4) is 0 Å². The van der Waals surface area contributed by atoms with Crippen molar-refractivity contribution in [2.24, 2.45) is 0 Å². The van der Waals surface area contributed by atoms with Gasteiger partial charge in [0, 0.05) is 6.92 Å². The van der Waals surface area contributed by atoms with Crippen molar-refractivity contribution in [3.8, 4) is 0 Å². The molecule has 162 valence electrons. The van der Waals surface area contributed by atoms with Crippen molar-refractivity contribution in [1.29, 1.82) is 0 Å². The van der Waals surface area contributed by atoms with Crippen LogP contribution in [-0.2, 0) is 30.3 Å². The Morgan fingerprint density at radius 3 is 2.63 bits per heavy atom. The molecular weight excluding hydrogens is 424 g/mol. The SMILES string of the molecule is COC(=O)C1CCC2SCCC(NC(=O)C(Cc3ccccc3)SC(C)=O)C(=O)N21. The van der Waals surface area contributed by atoms with Gasteiger partial charge in [0.15, 0.2) is 5.12 Å². The van der Waals surface area contributed by atoms with Crippen LogP contribution in [0.4, 0.5) is 0 Å². The predicted molar refractivity (Wildman–Crippen MR) is 117 cm³/mol. The lowest BCUT2D eigenvalue weighted by Gasteiger charge is -2.29. The number of methoxy groups -OCH3 is 1. The Labute approximate surface area is 184 Å². The smallest absolute Gasteiger partial charge is 0.328 e. The van der Waals surface area contributed by atoms with E-state index in [4.69, 9.17) is 4.74 Å². The lowest BCUT2D eigenvalue weighted by Crippen LogP contribution is -2.54. The van der Waals surface area contributed by atoms with Crippen LogP contribution in [-0.4, -0.2) is 63.4 Å². The monoisotopic (exact) mass is 450 g/mol. The fourth-order valence-electron chi connectivity index (χ4n) is 3.85. The lowest BCUT2D eigenvalue weighted by molar-refractivity contribution is -0.152. The van der Waals surface area contributed by atoms with E-state index >= 15 is 0 Å². The highest BCUT2D eigenvalue weighted by atomic mass is 32.2. The van der Waals surface area contributed by atoms with E-state index in [2.05, 4.69) is 5.32 Å². The molecule has 4 atom stereocenters. The highest BCUT2D eigenvalue weighted by molar-refractivity contribution is 8.14. The van der Waals surface area contributed by atoms with E-state index < -0.39 is 23.3 Å². The van der Waals surface area contributed by atoms with Gasteiger partial charge in [0.1, 0.15) is 12.1 Å². The maximum Gasteiger partial charge on any atom is 0.328 e.